The average Bonchev–Trinajstić information content (AvgIpc) is 2.48. The second-order valence-electron chi connectivity index (χ2n) is 7.76. The van der Waals surface area contributed by atoms with E-state index < -0.39 is 0 Å². The summed E-state index contributed by atoms with van der Waals surface area (Å²) < 4.78 is 0. The van der Waals surface area contributed by atoms with Crippen LogP contribution in [0.3, 0.4) is 0 Å². The molecular weight excluding hydrogens is 260 g/mol. The predicted molar refractivity (Wildman–Crippen MR) is 88.0 cm³/mol. The standard InChI is InChI=1S/C19H32O2/c1-14(2)8-10-18(4)15(3)9-11-19(13-21)16(12-20)6-5-7-17(18)19/h6,8,15,17,20-21H,5,7,9-13H2,1-4H3/t15-,17-,18+,19-/m1/s1. The summed E-state index contributed by atoms with van der Waals surface area (Å²) in [6, 6.07) is 0. The van der Waals surface area contributed by atoms with Crippen LogP contribution in [0.4, 0.5) is 0 Å². The molecule has 0 saturated heterocycles. The van der Waals surface area contributed by atoms with Crippen LogP contribution in [0.5, 0.6) is 0 Å². The van der Waals surface area contributed by atoms with Gasteiger partial charge in [0.15, 0.2) is 0 Å². The maximum atomic E-state index is 10.2. The fraction of sp³-hybridized carbons (Fsp3) is 0.789. The SMILES string of the molecule is CC(C)=CC[C@@]1(C)[C@H](C)CC[C@@]2(CO)C(CO)=CCC[C@@H]21. The Kier molecular flexibility index (Phi) is 4.99. The molecule has 0 spiro atoms. The summed E-state index contributed by atoms with van der Waals surface area (Å²) >= 11 is 0. The van der Waals surface area contributed by atoms with Crippen LogP contribution in [-0.4, -0.2) is 23.4 Å². The zero-order valence-electron chi connectivity index (χ0n) is 14.2. The molecule has 0 radical (unpaired) electrons. The van der Waals surface area contributed by atoms with Gasteiger partial charge in [0.05, 0.1) is 13.2 Å². The molecule has 0 aliphatic heterocycles. The minimum absolute atomic E-state index is 0.101. The van der Waals surface area contributed by atoms with E-state index in [1.807, 2.05) is 0 Å². The van der Waals surface area contributed by atoms with E-state index in [9.17, 15) is 10.2 Å². The molecule has 0 aromatic rings. The Bertz CT molecular complexity index is 433. The number of hydrogen-bond donors (Lipinski definition) is 2. The number of aliphatic hydroxyl groups is 2. The smallest absolute Gasteiger partial charge is 0.0648 e. The van der Waals surface area contributed by atoms with Crippen molar-refractivity contribution in [3.63, 3.8) is 0 Å². The van der Waals surface area contributed by atoms with Crippen molar-refractivity contribution in [1.82, 2.24) is 0 Å². The van der Waals surface area contributed by atoms with Crippen molar-refractivity contribution < 1.29 is 10.2 Å². The van der Waals surface area contributed by atoms with Gasteiger partial charge in [-0.2, -0.15) is 0 Å². The lowest BCUT2D eigenvalue weighted by Gasteiger charge is -2.58. The first-order valence-electron chi connectivity index (χ1n) is 8.45. The minimum atomic E-state index is -0.177. The molecule has 2 rings (SSSR count). The van der Waals surface area contributed by atoms with Gasteiger partial charge in [0.25, 0.3) is 0 Å². The zero-order chi connectivity index (χ0) is 15.7. The van der Waals surface area contributed by atoms with Crippen LogP contribution in [0, 0.1) is 22.7 Å². The molecule has 0 bridgehead atoms. The van der Waals surface area contributed by atoms with Gasteiger partial charge >= 0.3 is 0 Å². The highest BCUT2D eigenvalue weighted by molar-refractivity contribution is 5.25. The van der Waals surface area contributed by atoms with Gasteiger partial charge in [-0.1, -0.05) is 31.6 Å². The van der Waals surface area contributed by atoms with Gasteiger partial charge in [0.1, 0.15) is 0 Å². The van der Waals surface area contributed by atoms with Gasteiger partial charge in [0.2, 0.25) is 0 Å². The first-order valence-corrected chi connectivity index (χ1v) is 8.45. The number of fused-ring (bicyclic) bond motifs is 1. The van der Waals surface area contributed by atoms with Gasteiger partial charge in [-0.15, -0.1) is 0 Å². The maximum Gasteiger partial charge on any atom is 0.0648 e. The van der Waals surface area contributed by atoms with Gasteiger partial charge in [-0.05, 0) is 68.8 Å². The van der Waals surface area contributed by atoms with Gasteiger partial charge in [-0.25, -0.2) is 0 Å². The highest BCUT2D eigenvalue weighted by Gasteiger charge is 2.55. The van der Waals surface area contributed by atoms with Gasteiger partial charge < -0.3 is 10.2 Å². The minimum Gasteiger partial charge on any atom is -0.395 e. The van der Waals surface area contributed by atoms with E-state index in [0.717, 1.165) is 37.7 Å². The Labute approximate surface area is 130 Å². The fourth-order valence-electron chi connectivity index (χ4n) is 4.85. The van der Waals surface area contributed by atoms with Crippen molar-refractivity contribution >= 4 is 0 Å². The summed E-state index contributed by atoms with van der Waals surface area (Å²) in [5.74, 6) is 1.14. The average molecular weight is 292 g/mol. The summed E-state index contributed by atoms with van der Waals surface area (Å²) in [7, 11) is 0. The second-order valence-corrected chi connectivity index (χ2v) is 7.76. The van der Waals surface area contributed by atoms with Crippen molar-refractivity contribution in [1.29, 1.82) is 0 Å². The van der Waals surface area contributed by atoms with Crippen LogP contribution in [0.15, 0.2) is 23.3 Å². The molecule has 120 valence electrons. The molecule has 1 saturated carbocycles. The number of allylic oxidation sites excluding steroid dienone is 3. The molecule has 4 atom stereocenters. The third-order valence-electron chi connectivity index (χ3n) is 6.50. The quantitative estimate of drug-likeness (QED) is 0.766. The van der Waals surface area contributed by atoms with Crippen LogP contribution in [-0.2, 0) is 0 Å². The summed E-state index contributed by atoms with van der Waals surface area (Å²) in [6.07, 6.45) is 9.97. The molecule has 0 heterocycles. The molecule has 0 unspecified atom stereocenters. The molecule has 0 aromatic carbocycles. The number of rotatable bonds is 4. The van der Waals surface area contributed by atoms with Crippen molar-refractivity contribution in [2.24, 2.45) is 22.7 Å². The Morgan fingerprint density at radius 3 is 2.62 bits per heavy atom. The predicted octanol–water partition coefficient (Wildman–Crippen LogP) is 4.09. The largest absolute Gasteiger partial charge is 0.395 e. The topological polar surface area (TPSA) is 40.5 Å². The number of hydrogen-bond acceptors (Lipinski definition) is 2. The van der Waals surface area contributed by atoms with E-state index in [0.29, 0.717) is 11.8 Å². The normalized spacial score (nSPS) is 39.4. The Hall–Kier alpha value is -0.600. The third kappa shape index (κ3) is 2.73. The van der Waals surface area contributed by atoms with Gasteiger partial charge in [0, 0.05) is 5.41 Å². The lowest BCUT2D eigenvalue weighted by atomic mass is 9.46. The van der Waals surface area contributed by atoms with Crippen LogP contribution in [0.1, 0.15) is 59.8 Å². The van der Waals surface area contributed by atoms with Crippen molar-refractivity contribution in [3.05, 3.63) is 23.3 Å². The Balaban J connectivity index is 2.42. The fourth-order valence-corrected chi connectivity index (χ4v) is 4.85. The monoisotopic (exact) mass is 292 g/mol. The van der Waals surface area contributed by atoms with Crippen LogP contribution in [0.25, 0.3) is 0 Å². The molecule has 2 aliphatic rings. The van der Waals surface area contributed by atoms with Crippen LogP contribution in [0.2, 0.25) is 0 Å². The van der Waals surface area contributed by atoms with E-state index in [2.05, 4.69) is 39.8 Å². The molecule has 2 heteroatoms. The van der Waals surface area contributed by atoms with E-state index >= 15 is 0 Å². The van der Waals surface area contributed by atoms with Crippen molar-refractivity contribution in [2.45, 2.75) is 59.8 Å². The lowest BCUT2D eigenvalue weighted by Crippen LogP contribution is -2.53. The molecule has 1 fully saturated rings. The second kappa shape index (κ2) is 6.26. The summed E-state index contributed by atoms with van der Waals surface area (Å²) in [5.41, 5.74) is 2.50. The highest BCUT2D eigenvalue weighted by Crippen LogP contribution is 2.61. The maximum absolute atomic E-state index is 10.2. The summed E-state index contributed by atoms with van der Waals surface area (Å²) in [4.78, 5) is 0. The first kappa shape index (κ1) is 16.8. The highest BCUT2D eigenvalue weighted by atomic mass is 16.3. The van der Waals surface area contributed by atoms with Crippen molar-refractivity contribution in [2.75, 3.05) is 13.2 Å². The summed E-state index contributed by atoms with van der Waals surface area (Å²) in [6.45, 7) is 9.39. The third-order valence-corrected chi connectivity index (χ3v) is 6.50. The molecular formula is C19H32O2. The molecule has 2 aliphatic carbocycles. The zero-order valence-corrected chi connectivity index (χ0v) is 14.2. The Morgan fingerprint density at radius 2 is 2.05 bits per heavy atom. The number of aliphatic hydroxyl groups excluding tert-OH is 2. The van der Waals surface area contributed by atoms with E-state index in [-0.39, 0.29) is 24.0 Å². The first-order chi connectivity index (χ1) is 9.90. The lowest BCUT2D eigenvalue weighted by molar-refractivity contribution is -0.0772. The van der Waals surface area contributed by atoms with Crippen molar-refractivity contribution in [3.8, 4) is 0 Å². The molecule has 21 heavy (non-hydrogen) atoms. The molecule has 0 amide bonds. The Morgan fingerprint density at radius 1 is 1.33 bits per heavy atom. The van der Waals surface area contributed by atoms with E-state index in [1.54, 1.807) is 0 Å². The molecule has 2 N–H and O–H groups in total. The van der Waals surface area contributed by atoms with Crippen LogP contribution >= 0.6 is 0 Å². The molecule has 2 nitrogen and oxygen atoms in total. The summed E-state index contributed by atoms with van der Waals surface area (Å²) in [5, 5.41) is 20.0. The molecule has 0 aromatic heterocycles. The van der Waals surface area contributed by atoms with E-state index in [4.69, 9.17) is 0 Å². The van der Waals surface area contributed by atoms with Gasteiger partial charge in [-0.3, -0.25) is 0 Å². The van der Waals surface area contributed by atoms with E-state index in [1.165, 1.54) is 5.57 Å². The van der Waals surface area contributed by atoms with Crippen LogP contribution < -0.4 is 0 Å².